The number of benzene rings is 7. The van der Waals surface area contributed by atoms with Crippen molar-refractivity contribution in [2.24, 2.45) is 0 Å². The van der Waals surface area contributed by atoms with Gasteiger partial charge in [-0.15, -0.1) is 0 Å². The lowest BCUT2D eigenvalue weighted by molar-refractivity contribution is 0.518. The van der Waals surface area contributed by atoms with Gasteiger partial charge in [0.2, 0.25) is 0 Å². The van der Waals surface area contributed by atoms with E-state index in [0.717, 1.165) is 71.8 Å². The summed E-state index contributed by atoms with van der Waals surface area (Å²) in [6, 6.07) is 54.7. The Morgan fingerprint density at radius 3 is 1.58 bits per heavy atom. The van der Waals surface area contributed by atoms with E-state index in [9.17, 15) is 5.26 Å². The largest absolute Gasteiger partial charge is 0.454 e. The van der Waals surface area contributed by atoms with Crippen molar-refractivity contribution < 1.29 is 4.74 Å². The summed E-state index contributed by atoms with van der Waals surface area (Å²) >= 11 is 0. The SMILES string of the molecule is N#Cc1c(-c2ccccc2)c(-c2ccccc2)c2cc3ccccc3c3c2c1OC(c1ccccc1)=C3c1ccccc1. The first-order chi connectivity index (χ1) is 21.3. The molecule has 7 aromatic carbocycles. The fraction of sp³-hybridized carbons (Fsp3) is 0. The van der Waals surface area contributed by atoms with E-state index in [4.69, 9.17) is 4.74 Å². The number of ether oxygens (including phenoxy) is 1. The van der Waals surface area contributed by atoms with Crippen LogP contribution in [0.5, 0.6) is 5.75 Å². The average Bonchev–Trinajstić information content (AvgIpc) is 3.09. The number of rotatable bonds is 4. The topological polar surface area (TPSA) is 33.0 Å². The fourth-order valence-corrected chi connectivity index (χ4v) is 6.48. The summed E-state index contributed by atoms with van der Waals surface area (Å²) in [5.74, 6) is 1.36. The maximum absolute atomic E-state index is 10.9. The van der Waals surface area contributed by atoms with E-state index in [-0.39, 0.29) is 0 Å². The molecule has 0 amide bonds. The molecule has 0 unspecified atom stereocenters. The molecule has 0 aliphatic carbocycles. The predicted molar refractivity (Wildman–Crippen MR) is 176 cm³/mol. The number of hydrogen-bond donors (Lipinski definition) is 0. The van der Waals surface area contributed by atoms with Crippen LogP contribution in [0.15, 0.2) is 152 Å². The predicted octanol–water partition coefficient (Wildman–Crippen LogP) is 10.5. The van der Waals surface area contributed by atoms with Crippen LogP contribution in [-0.2, 0) is 0 Å². The first kappa shape index (κ1) is 24.9. The van der Waals surface area contributed by atoms with Crippen LogP contribution in [0.3, 0.4) is 0 Å². The molecule has 0 radical (unpaired) electrons. The smallest absolute Gasteiger partial charge is 0.154 e. The highest BCUT2D eigenvalue weighted by Gasteiger charge is 2.33. The molecule has 0 N–H and O–H groups in total. The number of nitrogens with zero attached hydrogens (tertiary/aromatic N) is 1. The van der Waals surface area contributed by atoms with Crippen LogP contribution < -0.4 is 4.74 Å². The summed E-state index contributed by atoms with van der Waals surface area (Å²) in [4.78, 5) is 0. The Balaban J connectivity index is 1.65. The van der Waals surface area contributed by atoms with E-state index >= 15 is 0 Å². The third-order valence-corrected chi connectivity index (χ3v) is 8.29. The molecule has 43 heavy (non-hydrogen) atoms. The summed E-state index contributed by atoms with van der Waals surface area (Å²) in [5.41, 5.74) is 8.64. The summed E-state index contributed by atoms with van der Waals surface area (Å²) in [5, 5.41) is 15.2. The van der Waals surface area contributed by atoms with Crippen molar-refractivity contribution in [1.82, 2.24) is 0 Å². The molecular formula is C41H25NO. The molecule has 0 aromatic heterocycles. The second-order valence-electron chi connectivity index (χ2n) is 10.7. The van der Waals surface area contributed by atoms with E-state index in [1.165, 1.54) is 0 Å². The van der Waals surface area contributed by atoms with Gasteiger partial charge in [0.05, 0.1) is 0 Å². The van der Waals surface area contributed by atoms with Crippen molar-refractivity contribution in [2.45, 2.75) is 0 Å². The van der Waals surface area contributed by atoms with Crippen molar-refractivity contribution in [2.75, 3.05) is 0 Å². The van der Waals surface area contributed by atoms with Crippen molar-refractivity contribution in [3.8, 4) is 34.1 Å². The maximum Gasteiger partial charge on any atom is 0.154 e. The molecule has 2 heteroatoms. The van der Waals surface area contributed by atoms with Gasteiger partial charge in [-0.1, -0.05) is 146 Å². The second-order valence-corrected chi connectivity index (χ2v) is 10.7. The first-order valence-corrected chi connectivity index (χ1v) is 14.4. The van der Waals surface area contributed by atoms with Crippen molar-refractivity contribution in [3.63, 3.8) is 0 Å². The normalized spacial score (nSPS) is 12.3. The van der Waals surface area contributed by atoms with Crippen LogP contribution in [0.2, 0.25) is 0 Å². The Kier molecular flexibility index (Phi) is 5.88. The van der Waals surface area contributed by atoms with E-state index in [1.54, 1.807) is 0 Å². The third kappa shape index (κ3) is 3.95. The zero-order valence-corrected chi connectivity index (χ0v) is 23.3. The van der Waals surface area contributed by atoms with Gasteiger partial charge in [0.25, 0.3) is 0 Å². The van der Waals surface area contributed by atoms with Gasteiger partial charge in [0, 0.05) is 27.6 Å². The lowest BCUT2D eigenvalue weighted by Crippen LogP contribution is -2.11. The molecule has 0 atom stereocenters. The van der Waals surface area contributed by atoms with Crippen LogP contribution in [0.25, 0.3) is 55.1 Å². The standard InChI is InChI=1S/C41H25NO/c42-26-34-36(28-17-7-2-8-18-28)35(27-15-5-1-6-16-27)33-25-31-23-13-14-24-32(31)38-37(29-19-9-3-10-20-29)40(43-41(34)39(33)38)30-21-11-4-12-22-30/h1-25H. The second kappa shape index (κ2) is 10.2. The fourth-order valence-electron chi connectivity index (χ4n) is 6.48. The molecule has 0 saturated heterocycles. The van der Waals surface area contributed by atoms with Gasteiger partial charge in [0.1, 0.15) is 17.4 Å². The van der Waals surface area contributed by atoms with Gasteiger partial charge < -0.3 is 4.74 Å². The van der Waals surface area contributed by atoms with Crippen molar-refractivity contribution in [3.05, 3.63) is 174 Å². The Morgan fingerprint density at radius 1 is 0.465 bits per heavy atom. The molecule has 7 aromatic rings. The van der Waals surface area contributed by atoms with Gasteiger partial charge in [-0.3, -0.25) is 0 Å². The quantitative estimate of drug-likeness (QED) is 0.205. The van der Waals surface area contributed by atoms with Crippen LogP contribution >= 0.6 is 0 Å². The highest BCUT2D eigenvalue weighted by atomic mass is 16.5. The number of nitriles is 1. The molecule has 0 spiro atoms. The van der Waals surface area contributed by atoms with E-state index in [1.807, 2.05) is 48.5 Å². The number of fused-ring (bicyclic) bond motifs is 2. The Hall–Kier alpha value is -5.91. The molecule has 2 nitrogen and oxygen atoms in total. The van der Waals surface area contributed by atoms with E-state index in [0.29, 0.717) is 11.3 Å². The average molecular weight is 548 g/mol. The third-order valence-electron chi connectivity index (χ3n) is 8.29. The van der Waals surface area contributed by atoms with Gasteiger partial charge in [-0.2, -0.15) is 5.26 Å². The first-order valence-electron chi connectivity index (χ1n) is 14.4. The molecule has 200 valence electrons. The lowest BCUT2D eigenvalue weighted by atomic mass is 9.79. The lowest BCUT2D eigenvalue weighted by Gasteiger charge is -2.30. The van der Waals surface area contributed by atoms with Crippen LogP contribution in [0, 0.1) is 11.3 Å². The zero-order valence-electron chi connectivity index (χ0n) is 23.3. The summed E-state index contributed by atoms with van der Waals surface area (Å²) < 4.78 is 7.04. The Morgan fingerprint density at radius 2 is 0.977 bits per heavy atom. The maximum atomic E-state index is 10.9. The minimum Gasteiger partial charge on any atom is -0.454 e. The summed E-state index contributed by atoms with van der Waals surface area (Å²) in [6.07, 6.45) is 0. The Bertz CT molecular complexity index is 2230. The van der Waals surface area contributed by atoms with Gasteiger partial charge in [-0.05, 0) is 44.5 Å². The highest BCUT2D eigenvalue weighted by Crippen LogP contribution is 2.54. The van der Waals surface area contributed by atoms with E-state index < -0.39 is 0 Å². The minimum absolute atomic E-state index is 0.537. The molecule has 0 fully saturated rings. The zero-order chi connectivity index (χ0) is 28.8. The van der Waals surface area contributed by atoms with Gasteiger partial charge in [0.15, 0.2) is 5.75 Å². The summed E-state index contributed by atoms with van der Waals surface area (Å²) in [6.45, 7) is 0. The molecule has 1 aliphatic rings. The molecule has 1 aliphatic heterocycles. The molecule has 8 rings (SSSR count). The van der Waals surface area contributed by atoms with Crippen molar-refractivity contribution >= 4 is 32.9 Å². The monoisotopic (exact) mass is 547 g/mol. The summed E-state index contributed by atoms with van der Waals surface area (Å²) in [7, 11) is 0. The minimum atomic E-state index is 0.537. The molecule has 0 bridgehead atoms. The van der Waals surface area contributed by atoms with Gasteiger partial charge in [-0.25, -0.2) is 0 Å². The van der Waals surface area contributed by atoms with Crippen LogP contribution in [0.4, 0.5) is 0 Å². The van der Waals surface area contributed by atoms with E-state index in [2.05, 4.69) is 109 Å². The van der Waals surface area contributed by atoms with Crippen LogP contribution in [0.1, 0.15) is 22.3 Å². The van der Waals surface area contributed by atoms with Crippen LogP contribution in [-0.4, -0.2) is 0 Å². The van der Waals surface area contributed by atoms with Crippen molar-refractivity contribution in [1.29, 1.82) is 5.26 Å². The number of hydrogen-bond acceptors (Lipinski definition) is 2. The molecule has 0 saturated carbocycles. The highest BCUT2D eigenvalue weighted by molar-refractivity contribution is 6.23. The molecular weight excluding hydrogens is 522 g/mol. The Labute approximate surface area is 250 Å². The molecule has 1 heterocycles. The van der Waals surface area contributed by atoms with Gasteiger partial charge >= 0.3 is 0 Å².